The van der Waals surface area contributed by atoms with Crippen molar-refractivity contribution in [2.75, 3.05) is 6.54 Å². The predicted octanol–water partition coefficient (Wildman–Crippen LogP) is 3.15. The maximum atomic E-state index is 4.52. The van der Waals surface area contributed by atoms with E-state index in [4.69, 9.17) is 0 Å². The van der Waals surface area contributed by atoms with Crippen LogP contribution in [0.2, 0.25) is 0 Å². The molecule has 1 unspecified atom stereocenters. The van der Waals surface area contributed by atoms with Gasteiger partial charge in [-0.25, -0.2) is 0 Å². The molecule has 0 fully saturated rings. The molecule has 1 aromatic rings. The predicted molar refractivity (Wildman–Crippen MR) is 65.0 cm³/mol. The molecule has 1 rings (SSSR count). The molecule has 2 heteroatoms. The van der Waals surface area contributed by atoms with Crippen LogP contribution in [0.25, 0.3) is 0 Å². The van der Waals surface area contributed by atoms with Crippen molar-refractivity contribution in [1.82, 2.24) is 10.3 Å². The molecule has 0 radical (unpaired) electrons. The van der Waals surface area contributed by atoms with Crippen LogP contribution in [-0.4, -0.2) is 11.5 Å². The van der Waals surface area contributed by atoms with Crippen LogP contribution in [0, 0.1) is 13.8 Å². The lowest BCUT2D eigenvalue weighted by atomic mass is 10.0. The number of aromatic nitrogens is 1. The molecule has 1 atom stereocenters. The molecule has 2 nitrogen and oxygen atoms in total. The SMILES string of the molecule is CCCC(NCC)c1ccc(C)nc1C. The molecule has 0 saturated heterocycles. The quantitative estimate of drug-likeness (QED) is 0.800. The molecule has 0 bridgehead atoms. The number of nitrogens with zero attached hydrogens (tertiary/aromatic N) is 1. The van der Waals surface area contributed by atoms with E-state index in [9.17, 15) is 0 Å². The number of hydrogen-bond acceptors (Lipinski definition) is 2. The van der Waals surface area contributed by atoms with Crippen LogP contribution in [0.3, 0.4) is 0 Å². The Balaban J connectivity index is 2.89. The third-order valence-corrected chi connectivity index (χ3v) is 2.67. The summed E-state index contributed by atoms with van der Waals surface area (Å²) in [6.45, 7) is 9.53. The lowest BCUT2D eigenvalue weighted by Crippen LogP contribution is -2.21. The van der Waals surface area contributed by atoms with Crippen LogP contribution >= 0.6 is 0 Å². The highest BCUT2D eigenvalue weighted by Gasteiger charge is 2.12. The summed E-state index contributed by atoms with van der Waals surface area (Å²) in [6, 6.07) is 4.77. The van der Waals surface area contributed by atoms with Crippen molar-refractivity contribution in [3.8, 4) is 0 Å². The van der Waals surface area contributed by atoms with E-state index in [1.807, 2.05) is 6.92 Å². The molecule has 0 aliphatic carbocycles. The van der Waals surface area contributed by atoms with E-state index in [2.05, 4.69) is 43.2 Å². The Kier molecular flexibility index (Phi) is 4.76. The number of pyridine rings is 1. The molecule has 84 valence electrons. The molecule has 1 N–H and O–H groups in total. The fraction of sp³-hybridized carbons (Fsp3) is 0.615. The second kappa shape index (κ2) is 5.86. The Bertz CT molecular complexity index is 301. The molecule has 0 aromatic carbocycles. The minimum Gasteiger partial charge on any atom is -0.310 e. The summed E-state index contributed by atoms with van der Waals surface area (Å²) in [5.41, 5.74) is 3.61. The average Bonchev–Trinajstić information content (AvgIpc) is 2.17. The monoisotopic (exact) mass is 206 g/mol. The molecular weight excluding hydrogens is 184 g/mol. The zero-order chi connectivity index (χ0) is 11.3. The normalized spacial score (nSPS) is 12.8. The lowest BCUT2D eigenvalue weighted by molar-refractivity contribution is 0.505. The Labute approximate surface area is 93.1 Å². The molecule has 1 heterocycles. The molecule has 1 aromatic heterocycles. The summed E-state index contributed by atoms with van der Waals surface area (Å²) < 4.78 is 0. The highest BCUT2D eigenvalue weighted by molar-refractivity contribution is 5.25. The fourth-order valence-electron chi connectivity index (χ4n) is 1.97. The molecular formula is C13H22N2. The van der Waals surface area contributed by atoms with E-state index in [-0.39, 0.29) is 0 Å². The molecule has 15 heavy (non-hydrogen) atoms. The first-order chi connectivity index (χ1) is 7.19. The summed E-state index contributed by atoms with van der Waals surface area (Å²) in [5.74, 6) is 0. The highest BCUT2D eigenvalue weighted by atomic mass is 14.9. The average molecular weight is 206 g/mol. The third-order valence-electron chi connectivity index (χ3n) is 2.67. The summed E-state index contributed by atoms with van der Waals surface area (Å²) in [4.78, 5) is 4.52. The smallest absolute Gasteiger partial charge is 0.0423 e. The Morgan fingerprint density at radius 2 is 2.00 bits per heavy atom. The second-order valence-electron chi connectivity index (χ2n) is 4.03. The first kappa shape index (κ1) is 12.2. The number of aryl methyl sites for hydroxylation is 2. The van der Waals surface area contributed by atoms with Crippen molar-refractivity contribution in [3.05, 3.63) is 29.1 Å². The van der Waals surface area contributed by atoms with Crippen LogP contribution in [-0.2, 0) is 0 Å². The van der Waals surface area contributed by atoms with Crippen molar-refractivity contribution in [1.29, 1.82) is 0 Å². The van der Waals surface area contributed by atoms with E-state index in [0.29, 0.717) is 6.04 Å². The van der Waals surface area contributed by atoms with E-state index in [1.54, 1.807) is 0 Å². The molecule has 0 amide bonds. The summed E-state index contributed by atoms with van der Waals surface area (Å²) in [7, 11) is 0. The Morgan fingerprint density at radius 3 is 2.53 bits per heavy atom. The van der Waals surface area contributed by atoms with Gasteiger partial charge in [0.2, 0.25) is 0 Å². The highest BCUT2D eigenvalue weighted by Crippen LogP contribution is 2.20. The first-order valence-corrected chi connectivity index (χ1v) is 5.86. The maximum absolute atomic E-state index is 4.52. The van der Waals surface area contributed by atoms with E-state index in [0.717, 1.165) is 17.9 Å². The van der Waals surface area contributed by atoms with Crippen molar-refractivity contribution in [2.24, 2.45) is 0 Å². The van der Waals surface area contributed by atoms with Gasteiger partial charge in [-0.3, -0.25) is 4.98 Å². The minimum atomic E-state index is 0.466. The van der Waals surface area contributed by atoms with Gasteiger partial charge in [-0.1, -0.05) is 26.3 Å². The maximum Gasteiger partial charge on any atom is 0.0423 e. The van der Waals surface area contributed by atoms with Crippen molar-refractivity contribution in [3.63, 3.8) is 0 Å². The molecule has 0 aliphatic heterocycles. The third kappa shape index (κ3) is 3.31. The number of nitrogens with one attached hydrogen (secondary N) is 1. The summed E-state index contributed by atoms with van der Waals surface area (Å²) in [5, 5.41) is 3.52. The standard InChI is InChI=1S/C13H22N2/c1-5-7-13(14-6-2)12-9-8-10(3)15-11(12)4/h8-9,13-14H,5-7H2,1-4H3. The second-order valence-corrected chi connectivity index (χ2v) is 4.03. The Hall–Kier alpha value is -0.890. The van der Waals surface area contributed by atoms with Gasteiger partial charge in [-0.05, 0) is 38.4 Å². The van der Waals surface area contributed by atoms with Crippen molar-refractivity contribution < 1.29 is 0 Å². The molecule has 0 saturated carbocycles. The van der Waals surface area contributed by atoms with Gasteiger partial charge in [0.25, 0.3) is 0 Å². The van der Waals surface area contributed by atoms with Gasteiger partial charge in [-0.2, -0.15) is 0 Å². The van der Waals surface area contributed by atoms with Gasteiger partial charge in [0.1, 0.15) is 0 Å². The van der Waals surface area contributed by atoms with Gasteiger partial charge in [-0.15, -0.1) is 0 Å². The lowest BCUT2D eigenvalue weighted by Gasteiger charge is -2.19. The van der Waals surface area contributed by atoms with Crippen LogP contribution in [0.1, 0.15) is 49.7 Å². The van der Waals surface area contributed by atoms with E-state index in [1.165, 1.54) is 18.4 Å². The van der Waals surface area contributed by atoms with E-state index < -0.39 is 0 Å². The fourth-order valence-corrected chi connectivity index (χ4v) is 1.97. The number of hydrogen-bond donors (Lipinski definition) is 1. The van der Waals surface area contributed by atoms with Crippen molar-refractivity contribution >= 4 is 0 Å². The van der Waals surface area contributed by atoms with Crippen LogP contribution in [0.15, 0.2) is 12.1 Å². The largest absolute Gasteiger partial charge is 0.310 e. The molecule has 0 aliphatic rings. The van der Waals surface area contributed by atoms with Gasteiger partial charge < -0.3 is 5.32 Å². The number of rotatable bonds is 5. The van der Waals surface area contributed by atoms with E-state index >= 15 is 0 Å². The zero-order valence-electron chi connectivity index (χ0n) is 10.3. The van der Waals surface area contributed by atoms with Crippen LogP contribution < -0.4 is 5.32 Å². The topological polar surface area (TPSA) is 24.9 Å². The van der Waals surface area contributed by atoms with Gasteiger partial charge >= 0.3 is 0 Å². The Morgan fingerprint density at radius 1 is 1.27 bits per heavy atom. The summed E-state index contributed by atoms with van der Waals surface area (Å²) >= 11 is 0. The van der Waals surface area contributed by atoms with Crippen LogP contribution in [0.5, 0.6) is 0 Å². The molecule has 0 spiro atoms. The first-order valence-electron chi connectivity index (χ1n) is 5.86. The summed E-state index contributed by atoms with van der Waals surface area (Å²) in [6.07, 6.45) is 2.38. The minimum absolute atomic E-state index is 0.466. The van der Waals surface area contributed by atoms with Crippen LogP contribution in [0.4, 0.5) is 0 Å². The van der Waals surface area contributed by atoms with Crippen molar-refractivity contribution in [2.45, 2.75) is 46.6 Å². The van der Waals surface area contributed by atoms with Gasteiger partial charge in [0.05, 0.1) is 0 Å². The van der Waals surface area contributed by atoms with Gasteiger partial charge in [0, 0.05) is 17.4 Å². The zero-order valence-corrected chi connectivity index (χ0v) is 10.3. The van der Waals surface area contributed by atoms with Gasteiger partial charge in [0.15, 0.2) is 0 Å².